The number of carbonyl (C=O) groups is 2. The van der Waals surface area contributed by atoms with Crippen LogP contribution < -0.4 is 16.3 Å². The van der Waals surface area contributed by atoms with Crippen molar-refractivity contribution >= 4 is 33.8 Å². The van der Waals surface area contributed by atoms with E-state index in [1.165, 1.54) is 4.68 Å². The normalized spacial score (nSPS) is 11.8. The average Bonchev–Trinajstić information content (AvgIpc) is 3.28. The highest BCUT2D eigenvalue weighted by Crippen LogP contribution is 2.15. The molecule has 0 atom stereocenters. The van der Waals surface area contributed by atoms with Gasteiger partial charge in [-0.05, 0) is 43.2 Å². The van der Waals surface area contributed by atoms with Gasteiger partial charge in [0.25, 0.3) is 11.5 Å². The summed E-state index contributed by atoms with van der Waals surface area (Å²) < 4.78 is 1.92. The van der Waals surface area contributed by atoms with E-state index in [9.17, 15) is 14.4 Å². The fourth-order valence-corrected chi connectivity index (χ4v) is 3.93. The first-order valence-electron chi connectivity index (χ1n) is 10.6. The predicted molar refractivity (Wildman–Crippen MR) is 130 cm³/mol. The van der Waals surface area contributed by atoms with Gasteiger partial charge in [-0.25, -0.2) is 9.66 Å². The molecule has 3 aromatic rings. The zero-order valence-corrected chi connectivity index (χ0v) is 19.7. The minimum Gasteiger partial charge on any atom is -0.352 e. The van der Waals surface area contributed by atoms with E-state index in [2.05, 4.69) is 31.7 Å². The van der Waals surface area contributed by atoms with E-state index in [1.807, 2.05) is 43.3 Å². The van der Waals surface area contributed by atoms with Crippen LogP contribution in [-0.4, -0.2) is 21.5 Å². The van der Waals surface area contributed by atoms with Crippen molar-refractivity contribution in [2.45, 2.75) is 32.7 Å². The number of carbonyl (C=O) groups excluding carboxylic acids is 2. The van der Waals surface area contributed by atoms with Crippen molar-refractivity contribution in [2.24, 2.45) is 0 Å². The van der Waals surface area contributed by atoms with Crippen LogP contribution in [0.5, 0.6) is 0 Å². The predicted octanol–water partition coefficient (Wildman–Crippen LogP) is 3.52. The van der Waals surface area contributed by atoms with Gasteiger partial charge in [0.15, 0.2) is 0 Å². The Bertz CT molecular complexity index is 1300. The van der Waals surface area contributed by atoms with Crippen molar-refractivity contribution in [1.29, 1.82) is 0 Å². The second-order valence-corrected chi connectivity index (χ2v) is 8.77. The smallest absolute Gasteiger partial charge is 0.276 e. The number of fused-ring (bicyclic) bond motifs is 1. The van der Waals surface area contributed by atoms with E-state index in [0.717, 1.165) is 15.6 Å². The number of hydrogen-bond donors (Lipinski definition) is 2. The van der Waals surface area contributed by atoms with Crippen molar-refractivity contribution in [3.63, 3.8) is 0 Å². The highest BCUT2D eigenvalue weighted by molar-refractivity contribution is 9.10. The molecule has 8 heteroatoms. The fraction of sp³-hybridized carbons (Fsp3) is 0.200. The lowest BCUT2D eigenvalue weighted by Gasteiger charge is -2.15. The molecule has 1 aromatic heterocycles. The molecule has 4 rings (SSSR count). The summed E-state index contributed by atoms with van der Waals surface area (Å²) in [6, 6.07) is 14.8. The van der Waals surface area contributed by atoms with Gasteiger partial charge in [0, 0.05) is 35.0 Å². The number of aryl methyl sites for hydroxylation is 2. The van der Waals surface area contributed by atoms with Gasteiger partial charge in [0.1, 0.15) is 5.82 Å². The monoisotopic (exact) mass is 506 g/mol. The maximum Gasteiger partial charge on any atom is 0.276 e. The minimum atomic E-state index is -0.434. The molecule has 0 fully saturated rings. The molecule has 168 valence electrons. The van der Waals surface area contributed by atoms with Crippen LogP contribution in [0.4, 0.5) is 0 Å². The lowest BCUT2D eigenvalue weighted by molar-refractivity contribution is -0.121. The quantitative estimate of drug-likeness (QED) is 0.512. The minimum absolute atomic E-state index is 0.132. The summed E-state index contributed by atoms with van der Waals surface area (Å²) in [5.41, 5.74) is 6.01. The molecule has 1 aliphatic rings. The topological polar surface area (TPSA) is 93.1 Å². The molecular weight excluding hydrogens is 484 g/mol. The number of benzene rings is 2. The maximum atomic E-state index is 13.1. The summed E-state index contributed by atoms with van der Waals surface area (Å²) in [5.74, 6) is -0.263. The Hall–Kier alpha value is -3.52. The maximum absolute atomic E-state index is 13.1. The summed E-state index contributed by atoms with van der Waals surface area (Å²) in [7, 11) is 0. The Morgan fingerprint density at radius 2 is 1.94 bits per heavy atom. The zero-order chi connectivity index (χ0) is 23.4. The highest BCUT2D eigenvalue weighted by Gasteiger charge is 2.20. The molecule has 2 aromatic carbocycles. The first-order chi connectivity index (χ1) is 15.9. The van der Waals surface area contributed by atoms with Crippen molar-refractivity contribution in [2.75, 3.05) is 5.43 Å². The third kappa shape index (κ3) is 5.46. The molecule has 0 spiro atoms. The lowest BCUT2D eigenvalue weighted by atomic mass is 10.1. The molecule has 0 radical (unpaired) electrons. The van der Waals surface area contributed by atoms with Gasteiger partial charge in [-0.15, -0.1) is 0 Å². The number of rotatable bonds is 7. The van der Waals surface area contributed by atoms with Crippen LogP contribution >= 0.6 is 15.9 Å². The molecule has 2 amide bonds. The molecule has 1 aliphatic carbocycles. The number of halogens is 1. The van der Waals surface area contributed by atoms with Crippen molar-refractivity contribution in [1.82, 2.24) is 15.0 Å². The molecule has 1 heterocycles. The second-order valence-electron chi connectivity index (χ2n) is 7.85. The van der Waals surface area contributed by atoms with Crippen LogP contribution in [0.1, 0.15) is 45.0 Å². The van der Waals surface area contributed by atoms with Gasteiger partial charge in [0.2, 0.25) is 5.91 Å². The number of amides is 2. The van der Waals surface area contributed by atoms with Gasteiger partial charge in [0.05, 0.1) is 5.69 Å². The Morgan fingerprint density at radius 1 is 1.15 bits per heavy atom. The SMILES string of the molecule is Cc1ccc(CNC(=O)CCc2nc3c(c(=O)n2NC(=O)c2cccc(Br)c2)CC=C3)cc1. The van der Waals surface area contributed by atoms with Gasteiger partial charge in [-0.3, -0.25) is 19.8 Å². The van der Waals surface area contributed by atoms with E-state index < -0.39 is 5.91 Å². The second kappa shape index (κ2) is 9.95. The lowest BCUT2D eigenvalue weighted by Crippen LogP contribution is -2.38. The van der Waals surface area contributed by atoms with Crippen LogP contribution in [0.2, 0.25) is 0 Å². The summed E-state index contributed by atoms with van der Waals surface area (Å²) in [6.07, 6.45) is 4.45. The van der Waals surface area contributed by atoms with Gasteiger partial charge in [-0.2, -0.15) is 0 Å². The molecule has 0 saturated heterocycles. The van der Waals surface area contributed by atoms with E-state index in [4.69, 9.17) is 0 Å². The molecule has 0 aliphatic heterocycles. The highest BCUT2D eigenvalue weighted by atomic mass is 79.9. The van der Waals surface area contributed by atoms with Gasteiger partial charge >= 0.3 is 0 Å². The summed E-state index contributed by atoms with van der Waals surface area (Å²) >= 11 is 3.35. The van der Waals surface area contributed by atoms with Crippen LogP contribution in [0.25, 0.3) is 6.08 Å². The van der Waals surface area contributed by atoms with Crippen molar-refractivity contribution in [3.8, 4) is 0 Å². The Morgan fingerprint density at radius 3 is 2.70 bits per heavy atom. The Kier molecular flexibility index (Phi) is 6.84. The third-order valence-corrected chi connectivity index (χ3v) is 5.86. The number of nitrogens with one attached hydrogen (secondary N) is 2. The zero-order valence-electron chi connectivity index (χ0n) is 18.1. The average molecular weight is 507 g/mol. The first-order valence-corrected chi connectivity index (χ1v) is 11.4. The van der Waals surface area contributed by atoms with E-state index in [0.29, 0.717) is 35.6 Å². The molecule has 0 unspecified atom stereocenters. The number of nitrogens with zero attached hydrogens (tertiary/aromatic N) is 2. The third-order valence-electron chi connectivity index (χ3n) is 5.36. The summed E-state index contributed by atoms with van der Waals surface area (Å²) in [5, 5.41) is 2.89. The van der Waals surface area contributed by atoms with E-state index >= 15 is 0 Å². The van der Waals surface area contributed by atoms with Crippen LogP contribution in [0, 0.1) is 6.92 Å². The Balaban J connectivity index is 1.49. The van der Waals surface area contributed by atoms with Crippen molar-refractivity contribution < 1.29 is 9.59 Å². The van der Waals surface area contributed by atoms with Crippen LogP contribution in [-0.2, 0) is 24.2 Å². The molecule has 0 saturated carbocycles. The molecule has 7 nitrogen and oxygen atoms in total. The summed E-state index contributed by atoms with van der Waals surface area (Å²) in [4.78, 5) is 42.8. The molecule has 0 bridgehead atoms. The van der Waals surface area contributed by atoms with E-state index in [1.54, 1.807) is 24.3 Å². The van der Waals surface area contributed by atoms with Crippen LogP contribution in [0.3, 0.4) is 0 Å². The van der Waals surface area contributed by atoms with E-state index in [-0.39, 0.29) is 24.3 Å². The number of aromatic nitrogens is 2. The first kappa shape index (κ1) is 22.7. The molecular formula is C25H23BrN4O3. The van der Waals surface area contributed by atoms with Gasteiger partial charge < -0.3 is 5.32 Å². The Labute approximate surface area is 199 Å². The standard InChI is InChI=1S/C25H23BrN4O3/c1-16-8-10-17(11-9-16)15-27-23(31)13-12-22-28-21-7-3-6-20(21)25(33)30(22)29-24(32)18-4-2-5-19(26)14-18/h2-5,7-11,14H,6,12-13,15H2,1H3,(H,27,31)(H,29,32). The summed E-state index contributed by atoms with van der Waals surface area (Å²) in [6.45, 7) is 2.43. The number of allylic oxidation sites excluding steroid dienone is 1. The van der Waals surface area contributed by atoms with Crippen molar-refractivity contribution in [3.05, 3.63) is 103 Å². The molecule has 33 heavy (non-hydrogen) atoms. The fourth-order valence-electron chi connectivity index (χ4n) is 3.54. The van der Waals surface area contributed by atoms with Gasteiger partial charge in [-0.1, -0.05) is 57.9 Å². The molecule has 2 N–H and O–H groups in total. The van der Waals surface area contributed by atoms with Crippen LogP contribution in [0.15, 0.2) is 63.9 Å². The largest absolute Gasteiger partial charge is 0.352 e. The number of hydrogen-bond acceptors (Lipinski definition) is 4.